The molecule has 0 spiro atoms. The summed E-state index contributed by atoms with van der Waals surface area (Å²) in [4.78, 5) is 0. The van der Waals surface area contributed by atoms with Crippen LogP contribution in [0.4, 0.5) is 0 Å². The third-order valence-electron chi connectivity index (χ3n) is 0. The van der Waals surface area contributed by atoms with E-state index in [0.29, 0.717) is 0 Å². The molecule has 0 atom stereocenters. The molecule has 0 aromatic heterocycles. The van der Waals surface area contributed by atoms with E-state index in [-0.39, 0.29) is 31.3 Å². The van der Waals surface area contributed by atoms with Crippen molar-refractivity contribution in [2.75, 3.05) is 0 Å². The molecule has 0 amide bonds. The minimum absolute atomic E-state index is 0. The summed E-state index contributed by atoms with van der Waals surface area (Å²) in [6.07, 6.45) is 0. The Morgan fingerprint density at radius 2 is 1.25 bits per heavy atom. The van der Waals surface area contributed by atoms with E-state index in [0.717, 1.165) is 0 Å². The molecule has 0 unspecified atom stereocenters. The molecule has 3 heteroatoms. The van der Waals surface area contributed by atoms with Gasteiger partial charge >= 0.3 is 42.2 Å². The van der Waals surface area contributed by atoms with E-state index in [9.17, 15) is 0 Å². The van der Waals surface area contributed by atoms with Crippen LogP contribution in [0.3, 0.4) is 0 Å². The average Bonchev–Trinajstić information content (AvgIpc) is 1.00. The van der Waals surface area contributed by atoms with Gasteiger partial charge in [0.1, 0.15) is 0 Å². The zero-order valence-corrected chi connectivity index (χ0v) is 3.22. The Morgan fingerprint density at radius 3 is 1.25 bits per heavy atom. The second-order valence-electron chi connectivity index (χ2n) is 0. The molecule has 0 saturated heterocycles. The number of rotatable bonds is 0. The van der Waals surface area contributed by atoms with Crippen LogP contribution in [-0.2, 0) is 0 Å². The van der Waals surface area contributed by atoms with Gasteiger partial charge in [0.05, 0.1) is 0 Å². The van der Waals surface area contributed by atoms with E-state index in [4.69, 9.17) is 0 Å². The van der Waals surface area contributed by atoms with Crippen LogP contribution in [0.5, 0.6) is 0 Å². The molecule has 0 N–H and O–H groups in total. The summed E-state index contributed by atoms with van der Waals surface area (Å²) in [5.41, 5.74) is 2.00. The summed E-state index contributed by atoms with van der Waals surface area (Å²) in [5.74, 6) is 0. The first kappa shape index (κ1) is 17.9. The van der Waals surface area contributed by atoms with E-state index in [2.05, 4.69) is 0 Å². The minimum atomic E-state index is 0. The summed E-state index contributed by atoms with van der Waals surface area (Å²) >= 11 is 2.00. The fourth-order valence-electron chi connectivity index (χ4n) is 0. The van der Waals surface area contributed by atoms with Crippen molar-refractivity contribution in [3.63, 3.8) is 0 Å². The summed E-state index contributed by atoms with van der Waals surface area (Å²) in [6.45, 7) is 0. The van der Waals surface area contributed by atoms with Crippen molar-refractivity contribution >= 4 is 49.0 Å². The van der Waals surface area contributed by atoms with Gasteiger partial charge in [0.25, 0.3) is 0 Å². The maximum absolute atomic E-state index is 2.00. The van der Waals surface area contributed by atoms with Gasteiger partial charge in [-0.1, -0.05) is 0 Å². The first-order valence-electron chi connectivity index (χ1n) is 1.00. The van der Waals surface area contributed by atoms with Crippen molar-refractivity contribution in [1.29, 1.82) is 0 Å². The number of hydrogen-bond donors (Lipinski definition) is 0. The van der Waals surface area contributed by atoms with Crippen molar-refractivity contribution in [3.05, 3.63) is 0 Å². The molecule has 0 aromatic carbocycles. The molecule has 0 aliphatic heterocycles. The Kier molecular flexibility index (Phi) is 110. The molecule has 0 aliphatic rings. The summed E-state index contributed by atoms with van der Waals surface area (Å²) in [5, 5.41) is 0. The van der Waals surface area contributed by atoms with Gasteiger partial charge in [-0.05, 0) is 0 Å². The van der Waals surface area contributed by atoms with Gasteiger partial charge in [-0.2, -0.15) is 0 Å². The quantitative estimate of drug-likeness (QED) is 0.349. The van der Waals surface area contributed by atoms with E-state index in [1.165, 1.54) is 0 Å². The maximum atomic E-state index is 2.00. The predicted octanol–water partition coefficient (Wildman–Crippen LogP) is -0.0237. The molecule has 0 aromatic rings. The zero-order chi connectivity index (χ0) is 2.00. The second kappa shape index (κ2) is 24.7. The molecule has 18 valence electrons. The third-order valence-corrected chi connectivity index (χ3v) is 0. The molecule has 0 saturated carbocycles. The van der Waals surface area contributed by atoms with Crippen molar-refractivity contribution in [2.45, 2.75) is 5.60 Å². The van der Waals surface area contributed by atoms with Gasteiger partial charge in [-0.15, -0.1) is 12.4 Å². The fourth-order valence-corrected chi connectivity index (χ4v) is 0. The van der Waals surface area contributed by atoms with Crippen molar-refractivity contribution in [3.8, 4) is 0 Å². The summed E-state index contributed by atoms with van der Waals surface area (Å²) in [6, 6.07) is 0. The molecule has 0 fully saturated rings. The van der Waals surface area contributed by atoms with E-state index in [1.807, 2.05) is 23.3 Å². The molecule has 0 nitrogen and oxygen atoms in total. The standard InChI is InChI=1S/CH3.ClH.2Li.H/h1H3;1H;;;. The van der Waals surface area contributed by atoms with Crippen LogP contribution in [0.15, 0.2) is 0 Å². The fraction of sp³-hybridized carbons (Fsp3) is 1.00. The molecule has 4 heavy (non-hydrogen) atoms. The van der Waals surface area contributed by atoms with Gasteiger partial charge in [0.2, 0.25) is 0 Å². The monoisotopic (exact) mass is 66.0 g/mol. The normalized spacial score (nSPS) is 1.75. The third kappa shape index (κ3) is 9.76. The van der Waals surface area contributed by atoms with Crippen LogP contribution in [-0.4, -0.2) is 36.6 Å². The van der Waals surface area contributed by atoms with Crippen LogP contribution in [0.1, 0.15) is 0 Å². The SMILES string of the molecule is Cl.[LiH].[Li][CH3]. The van der Waals surface area contributed by atoms with Crippen LogP contribution in [0.25, 0.3) is 0 Å². The van der Waals surface area contributed by atoms with E-state index >= 15 is 0 Å². The van der Waals surface area contributed by atoms with Crippen LogP contribution >= 0.6 is 12.4 Å². The molecule has 0 aliphatic carbocycles. The predicted molar refractivity (Wildman–Crippen MR) is 26.0 cm³/mol. The van der Waals surface area contributed by atoms with Gasteiger partial charge in [-0.25, -0.2) is 0 Å². The first-order chi connectivity index (χ1) is 1.00. The van der Waals surface area contributed by atoms with Crippen LogP contribution < -0.4 is 0 Å². The molecule has 0 bridgehead atoms. The molecule has 0 heterocycles. The molecular formula is CH5ClLi2. The van der Waals surface area contributed by atoms with Gasteiger partial charge in [0, 0.05) is 0 Å². The van der Waals surface area contributed by atoms with E-state index in [1.54, 1.807) is 0 Å². The summed E-state index contributed by atoms with van der Waals surface area (Å²) in [7, 11) is 0. The van der Waals surface area contributed by atoms with Crippen LogP contribution in [0, 0.1) is 0 Å². The molecule has 0 rings (SSSR count). The Balaban J connectivity index is -0.00000000500. The Hall–Kier alpha value is 1.48. The zero-order valence-electron chi connectivity index (χ0n) is 2.41. The van der Waals surface area contributed by atoms with Crippen molar-refractivity contribution < 1.29 is 0 Å². The topological polar surface area (TPSA) is 0 Å². The van der Waals surface area contributed by atoms with Crippen molar-refractivity contribution in [2.24, 2.45) is 0 Å². The summed E-state index contributed by atoms with van der Waals surface area (Å²) < 4.78 is 0. The molecular weight excluding hydrogens is 61.3 g/mol. The number of hydrogen-bond acceptors (Lipinski definition) is 0. The average molecular weight is 66.4 g/mol. The Bertz CT molecular complexity index is 6.00. The number of halogens is 1. The van der Waals surface area contributed by atoms with Gasteiger partial charge < -0.3 is 0 Å². The first-order valence-corrected chi connectivity index (χ1v) is 1.00. The van der Waals surface area contributed by atoms with Gasteiger partial charge in [-0.3, -0.25) is 0 Å². The van der Waals surface area contributed by atoms with Gasteiger partial charge in [0.15, 0.2) is 0 Å². The Labute approximate surface area is 54.5 Å². The second-order valence-corrected chi connectivity index (χ2v) is 0. The Morgan fingerprint density at radius 1 is 1.25 bits per heavy atom. The van der Waals surface area contributed by atoms with Crippen molar-refractivity contribution in [1.82, 2.24) is 0 Å². The molecule has 0 radical (unpaired) electrons. The van der Waals surface area contributed by atoms with Crippen LogP contribution in [0.2, 0.25) is 5.60 Å². The van der Waals surface area contributed by atoms with E-state index < -0.39 is 0 Å².